The molecule has 1 amide bonds. The quantitative estimate of drug-likeness (QED) is 0.658. The number of sulfonamides is 1. The van der Waals surface area contributed by atoms with Gasteiger partial charge in [0.25, 0.3) is 10.0 Å². The average Bonchev–Trinajstić information content (AvgIpc) is 3.31. The first-order valence-electron chi connectivity index (χ1n) is 10.6. The van der Waals surface area contributed by atoms with Crippen LogP contribution in [-0.2, 0) is 28.3 Å². The fourth-order valence-corrected chi connectivity index (χ4v) is 6.25. The van der Waals surface area contributed by atoms with E-state index in [1.165, 1.54) is 35.6 Å². The standard InChI is InChI=1S/C23H25N3O4S/c1-26-22-15(13-24-26)7-4-8-20(22)31(28,29)25-23(27)18-10-9-17-16(14-5-3-6-14)11-12-19(30-2)21(17)18/h4,7-8,11-14,18H,3,5-6,9-10H2,1-2H3,(H,25,27). The van der Waals surface area contributed by atoms with Crippen molar-refractivity contribution in [1.29, 1.82) is 0 Å². The lowest BCUT2D eigenvalue weighted by Crippen LogP contribution is -2.34. The number of aromatic nitrogens is 2. The number of para-hydroxylation sites is 1. The minimum Gasteiger partial charge on any atom is -0.496 e. The lowest BCUT2D eigenvalue weighted by Gasteiger charge is -2.28. The molecule has 2 aliphatic carbocycles. The summed E-state index contributed by atoms with van der Waals surface area (Å²) in [6.45, 7) is 0. The molecular formula is C23H25N3O4S. The molecule has 31 heavy (non-hydrogen) atoms. The number of nitrogens with one attached hydrogen (secondary N) is 1. The number of ether oxygens (including phenoxy) is 1. The normalized spacial score (nSPS) is 18.6. The Morgan fingerprint density at radius 2 is 2.00 bits per heavy atom. The second-order valence-corrected chi connectivity index (χ2v) is 10.1. The van der Waals surface area contributed by atoms with Gasteiger partial charge in [-0.25, -0.2) is 13.1 Å². The topological polar surface area (TPSA) is 90.3 Å². The number of methoxy groups -OCH3 is 1. The number of fused-ring (bicyclic) bond motifs is 2. The number of hydrogen-bond donors (Lipinski definition) is 1. The Balaban J connectivity index is 1.49. The third kappa shape index (κ3) is 3.20. The first-order chi connectivity index (χ1) is 14.9. The van der Waals surface area contributed by atoms with Crippen LogP contribution in [0.1, 0.15) is 54.2 Å². The summed E-state index contributed by atoms with van der Waals surface area (Å²) < 4.78 is 35.7. The maximum atomic E-state index is 13.2. The molecule has 162 valence electrons. The fraction of sp³-hybridized carbons (Fsp3) is 0.391. The molecular weight excluding hydrogens is 414 g/mol. The van der Waals surface area contributed by atoms with Gasteiger partial charge in [0.1, 0.15) is 10.6 Å². The van der Waals surface area contributed by atoms with Crippen LogP contribution in [0, 0.1) is 0 Å². The highest BCUT2D eigenvalue weighted by molar-refractivity contribution is 7.90. The third-order valence-electron chi connectivity index (χ3n) is 6.71. The summed E-state index contributed by atoms with van der Waals surface area (Å²) in [4.78, 5) is 13.3. The molecule has 1 aromatic heterocycles. The summed E-state index contributed by atoms with van der Waals surface area (Å²) in [6, 6.07) is 8.98. The highest BCUT2D eigenvalue weighted by Gasteiger charge is 2.37. The summed E-state index contributed by atoms with van der Waals surface area (Å²) in [5.74, 6) is 0.127. The first-order valence-corrected chi connectivity index (χ1v) is 12.1. The van der Waals surface area contributed by atoms with Gasteiger partial charge in [0.15, 0.2) is 0 Å². The summed E-state index contributed by atoms with van der Waals surface area (Å²) in [7, 11) is -0.786. The van der Waals surface area contributed by atoms with Crippen LogP contribution in [0.4, 0.5) is 0 Å². The number of hydrogen-bond acceptors (Lipinski definition) is 5. The van der Waals surface area contributed by atoms with Crippen molar-refractivity contribution in [1.82, 2.24) is 14.5 Å². The van der Waals surface area contributed by atoms with Crippen molar-refractivity contribution in [2.45, 2.75) is 48.8 Å². The number of nitrogens with zero attached hydrogens (tertiary/aromatic N) is 2. The Labute approximate surface area is 181 Å². The SMILES string of the molecule is COc1ccc(C2CCC2)c2c1C(C(=O)NS(=O)(=O)c1cccc3cnn(C)c13)CC2. The molecule has 1 fully saturated rings. The van der Waals surface area contributed by atoms with Gasteiger partial charge >= 0.3 is 0 Å². The van der Waals surface area contributed by atoms with Crippen LogP contribution in [0.5, 0.6) is 5.75 Å². The van der Waals surface area contributed by atoms with E-state index in [2.05, 4.69) is 15.9 Å². The maximum absolute atomic E-state index is 13.2. The van der Waals surface area contributed by atoms with Crippen molar-refractivity contribution in [3.8, 4) is 5.75 Å². The molecule has 3 aromatic rings. The predicted octanol–water partition coefficient (Wildman–Crippen LogP) is 3.38. The molecule has 1 unspecified atom stereocenters. The van der Waals surface area contributed by atoms with E-state index in [0.29, 0.717) is 29.0 Å². The third-order valence-corrected chi connectivity index (χ3v) is 8.09. The summed E-state index contributed by atoms with van der Waals surface area (Å²) in [6.07, 6.45) is 6.50. The molecule has 7 nitrogen and oxygen atoms in total. The van der Waals surface area contributed by atoms with E-state index < -0.39 is 21.8 Å². The monoisotopic (exact) mass is 439 g/mol. The summed E-state index contributed by atoms with van der Waals surface area (Å²) >= 11 is 0. The number of aryl methyl sites for hydroxylation is 1. The van der Waals surface area contributed by atoms with Gasteiger partial charge in [0, 0.05) is 18.0 Å². The fourth-order valence-electron chi connectivity index (χ4n) is 4.97. The Morgan fingerprint density at radius 1 is 1.19 bits per heavy atom. The van der Waals surface area contributed by atoms with E-state index >= 15 is 0 Å². The van der Waals surface area contributed by atoms with Crippen LogP contribution in [0.25, 0.3) is 10.9 Å². The van der Waals surface area contributed by atoms with Crippen molar-refractivity contribution in [3.05, 3.63) is 53.2 Å². The van der Waals surface area contributed by atoms with Crippen LogP contribution >= 0.6 is 0 Å². The van der Waals surface area contributed by atoms with Crippen molar-refractivity contribution < 1.29 is 17.9 Å². The van der Waals surface area contributed by atoms with E-state index in [0.717, 1.165) is 17.5 Å². The van der Waals surface area contributed by atoms with Crippen molar-refractivity contribution in [2.75, 3.05) is 7.11 Å². The van der Waals surface area contributed by atoms with Gasteiger partial charge in [-0.3, -0.25) is 9.48 Å². The van der Waals surface area contributed by atoms with E-state index in [9.17, 15) is 13.2 Å². The summed E-state index contributed by atoms with van der Waals surface area (Å²) in [5.41, 5.74) is 3.77. The predicted molar refractivity (Wildman–Crippen MR) is 117 cm³/mol. The Bertz CT molecular complexity index is 1290. The molecule has 2 aromatic carbocycles. The second-order valence-electron chi connectivity index (χ2n) is 8.40. The zero-order valence-corrected chi connectivity index (χ0v) is 18.4. The summed E-state index contributed by atoms with van der Waals surface area (Å²) in [5, 5.41) is 4.85. The highest BCUT2D eigenvalue weighted by atomic mass is 32.2. The van der Waals surface area contributed by atoms with Crippen molar-refractivity contribution in [2.24, 2.45) is 7.05 Å². The number of rotatable bonds is 5. The molecule has 1 heterocycles. The second kappa shape index (κ2) is 7.37. The van der Waals surface area contributed by atoms with Gasteiger partial charge in [0.05, 0.1) is 24.7 Å². The van der Waals surface area contributed by atoms with Gasteiger partial charge in [-0.1, -0.05) is 24.6 Å². The van der Waals surface area contributed by atoms with Crippen LogP contribution in [0.2, 0.25) is 0 Å². The zero-order chi connectivity index (χ0) is 21.8. The molecule has 2 aliphatic rings. The number of carbonyl (C=O) groups excluding carboxylic acids is 1. The number of carbonyl (C=O) groups is 1. The van der Waals surface area contributed by atoms with E-state index in [1.54, 1.807) is 32.5 Å². The molecule has 0 saturated heterocycles. The molecule has 0 radical (unpaired) electrons. The van der Waals surface area contributed by atoms with Crippen LogP contribution in [0.15, 0.2) is 41.4 Å². The number of amides is 1. The molecule has 1 saturated carbocycles. The minimum atomic E-state index is -4.06. The van der Waals surface area contributed by atoms with Crippen LogP contribution in [0.3, 0.4) is 0 Å². The van der Waals surface area contributed by atoms with Crippen molar-refractivity contribution in [3.63, 3.8) is 0 Å². The van der Waals surface area contributed by atoms with Crippen LogP contribution in [-0.4, -0.2) is 31.2 Å². The molecule has 8 heteroatoms. The highest BCUT2D eigenvalue weighted by Crippen LogP contribution is 2.47. The average molecular weight is 440 g/mol. The van der Waals surface area contributed by atoms with Gasteiger partial charge in [-0.05, 0) is 54.9 Å². The molecule has 1 atom stereocenters. The smallest absolute Gasteiger partial charge is 0.266 e. The zero-order valence-electron chi connectivity index (χ0n) is 17.6. The van der Waals surface area contributed by atoms with E-state index in [-0.39, 0.29) is 4.90 Å². The van der Waals surface area contributed by atoms with E-state index in [4.69, 9.17) is 4.74 Å². The van der Waals surface area contributed by atoms with Gasteiger partial charge in [-0.15, -0.1) is 0 Å². The molecule has 0 bridgehead atoms. The van der Waals surface area contributed by atoms with Gasteiger partial charge in [0.2, 0.25) is 5.91 Å². The first kappa shape index (κ1) is 20.1. The molecule has 0 aliphatic heterocycles. The Kier molecular flexibility index (Phi) is 4.77. The van der Waals surface area contributed by atoms with E-state index in [1.807, 2.05) is 6.07 Å². The molecule has 1 N–H and O–H groups in total. The Morgan fingerprint density at radius 3 is 2.71 bits per heavy atom. The maximum Gasteiger partial charge on any atom is 0.266 e. The van der Waals surface area contributed by atoms with Crippen LogP contribution < -0.4 is 9.46 Å². The Hall–Kier alpha value is -2.87. The van der Waals surface area contributed by atoms with Crippen molar-refractivity contribution >= 4 is 26.8 Å². The molecule has 0 spiro atoms. The van der Waals surface area contributed by atoms with Gasteiger partial charge < -0.3 is 4.74 Å². The largest absolute Gasteiger partial charge is 0.496 e. The molecule has 5 rings (SSSR count). The van der Waals surface area contributed by atoms with Gasteiger partial charge in [-0.2, -0.15) is 5.10 Å². The minimum absolute atomic E-state index is 0.0479. The number of benzene rings is 2. The lowest BCUT2D eigenvalue weighted by molar-refractivity contribution is -0.120. The lowest BCUT2D eigenvalue weighted by atomic mass is 9.77.